The second kappa shape index (κ2) is 8.99. The fourth-order valence-electron chi connectivity index (χ4n) is 5.22. The summed E-state index contributed by atoms with van der Waals surface area (Å²) in [6.07, 6.45) is 16.9. The van der Waals surface area contributed by atoms with Crippen LogP contribution in [0.25, 0.3) is 10.8 Å². The molecule has 1 aromatic heterocycles. The lowest BCUT2D eigenvalue weighted by molar-refractivity contribution is 0.0792. The Labute approximate surface area is 183 Å². The third-order valence-corrected chi connectivity index (χ3v) is 7.20. The molecule has 0 saturated heterocycles. The number of benzene rings is 1. The van der Waals surface area contributed by atoms with Gasteiger partial charge >= 0.3 is 0 Å². The van der Waals surface area contributed by atoms with Crippen molar-refractivity contribution < 1.29 is 4.74 Å². The van der Waals surface area contributed by atoms with E-state index in [1.165, 1.54) is 5.57 Å². The van der Waals surface area contributed by atoms with Gasteiger partial charge in [0.15, 0.2) is 0 Å². The highest BCUT2D eigenvalue weighted by molar-refractivity contribution is 6.32. The molecule has 1 unspecified atom stereocenters. The number of fused-ring (bicyclic) bond motifs is 1. The van der Waals surface area contributed by atoms with Crippen LogP contribution in [0.4, 0.5) is 0 Å². The zero-order valence-electron chi connectivity index (χ0n) is 17.6. The van der Waals surface area contributed by atoms with E-state index in [2.05, 4.69) is 30.1 Å². The number of H-pyrrole nitrogens is 1. The second-order valence-corrected chi connectivity index (χ2v) is 9.11. The fourth-order valence-corrected chi connectivity index (χ4v) is 5.43. The molecule has 160 valence electrons. The van der Waals surface area contributed by atoms with Crippen LogP contribution < -0.4 is 16.0 Å². The Kier molecular flexibility index (Phi) is 6.35. The van der Waals surface area contributed by atoms with Gasteiger partial charge in [0.2, 0.25) is 0 Å². The largest absolute Gasteiger partial charge is 0.489 e. The summed E-state index contributed by atoms with van der Waals surface area (Å²) >= 11 is 6.45. The number of nitrogens with two attached hydrogens (primary N) is 1. The van der Waals surface area contributed by atoms with Crippen molar-refractivity contribution >= 4 is 22.4 Å². The van der Waals surface area contributed by atoms with E-state index in [1.54, 1.807) is 12.3 Å². The van der Waals surface area contributed by atoms with Crippen molar-refractivity contribution in [1.82, 2.24) is 4.98 Å². The maximum atomic E-state index is 12.0. The number of hydrogen-bond donors (Lipinski definition) is 2. The summed E-state index contributed by atoms with van der Waals surface area (Å²) < 4.78 is 6.34. The van der Waals surface area contributed by atoms with Gasteiger partial charge in [0.05, 0.1) is 11.1 Å². The topological polar surface area (TPSA) is 68.1 Å². The van der Waals surface area contributed by atoms with Gasteiger partial charge in [0.1, 0.15) is 5.75 Å². The summed E-state index contributed by atoms with van der Waals surface area (Å²) in [6.45, 7) is 2.21. The first-order valence-electron chi connectivity index (χ1n) is 11.1. The molecule has 2 aliphatic rings. The van der Waals surface area contributed by atoms with E-state index < -0.39 is 0 Å². The molecule has 4 rings (SSSR count). The standard InChI is InChI=1S/C25H31ClN2O2/c1-2-6-23(27)25(18-7-4-3-5-8-18)12-9-19(10-13-25)30-22-15-17-11-14-28-24(29)20(17)16-21(22)26/h3-4,7,11,14-16,19,23H,2,5-6,8-10,12-13,27H2,1H3,(H,28,29). The Morgan fingerprint density at radius 3 is 2.83 bits per heavy atom. The Balaban J connectivity index is 1.52. The molecule has 0 radical (unpaired) electrons. The van der Waals surface area contributed by atoms with Crippen LogP contribution in [0.2, 0.25) is 5.02 Å². The molecular formula is C25H31ClN2O2. The molecule has 1 saturated carbocycles. The number of aromatic nitrogens is 1. The molecule has 5 heteroatoms. The van der Waals surface area contributed by atoms with Crippen molar-refractivity contribution in [2.24, 2.45) is 11.1 Å². The molecule has 0 amide bonds. The Morgan fingerprint density at radius 2 is 2.13 bits per heavy atom. The van der Waals surface area contributed by atoms with E-state index in [1.807, 2.05) is 12.1 Å². The molecule has 4 nitrogen and oxygen atoms in total. The molecule has 30 heavy (non-hydrogen) atoms. The quantitative estimate of drug-likeness (QED) is 0.604. The minimum Gasteiger partial charge on any atom is -0.489 e. The molecular weight excluding hydrogens is 396 g/mol. The van der Waals surface area contributed by atoms with Crippen molar-refractivity contribution in [3.05, 3.63) is 63.6 Å². The van der Waals surface area contributed by atoms with Crippen molar-refractivity contribution in [2.45, 2.75) is 70.4 Å². The van der Waals surface area contributed by atoms with Crippen LogP contribution >= 0.6 is 11.6 Å². The highest BCUT2D eigenvalue weighted by Gasteiger charge is 2.43. The van der Waals surface area contributed by atoms with Gasteiger partial charge in [0, 0.05) is 23.0 Å². The minimum atomic E-state index is -0.136. The first kappa shape index (κ1) is 21.2. The van der Waals surface area contributed by atoms with E-state index in [4.69, 9.17) is 22.1 Å². The maximum Gasteiger partial charge on any atom is 0.255 e. The number of allylic oxidation sites excluding steroid dienone is 3. The average molecular weight is 427 g/mol. The van der Waals surface area contributed by atoms with Crippen LogP contribution in [-0.2, 0) is 0 Å². The highest BCUT2D eigenvalue weighted by atomic mass is 35.5. The van der Waals surface area contributed by atoms with E-state index in [0.29, 0.717) is 16.2 Å². The normalized spacial score (nSPS) is 25.2. The summed E-state index contributed by atoms with van der Waals surface area (Å²) in [5, 5.41) is 1.91. The number of aromatic amines is 1. The van der Waals surface area contributed by atoms with Crippen LogP contribution in [0.1, 0.15) is 58.3 Å². The summed E-state index contributed by atoms with van der Waals surface area (Å²) in [5.74, 6) is 0.657. The van der Waals surface area contributed by atoms with E-state index >= 15 is 0 Å². The van der Waals surface area contributed by atoms with Gasteiger partial charge in [-0.25, -0.2) is 0 Å². The van der Waals surface area contributed by atoms with Crippen molar-refractivity contribution in [3.8, 4) is 5.75 Å². The SMILES string of the molecule is CCCC(N)C1(C2=CC=CCC2)CCC(Oc2cc3cc[nH]c(=O)c3cc2Cl)CC1. The molecule has 0 spiro atoms. The van der Waals surface area contributed by atoms with Crippen molar-refractivity contribution in [2.75, 3.05) is 0 Å². The predicted octanol–water partition coefficient (Wildman–Crippen LogP) is 5.89. The van der Waals surface area contributed by atoms with E-state index in [-0.39, 0.29) is 23.1 Å². The molecule has 1 aromatic carbocycles. The summed E-state index contributed by atoms with van der Waals surface area (Å²) in [4.78, 5) is 14.7. The molecule has 1 atom stereocenters. The second-order valence-electron chi connectivity index (χ2n) is 8.70. The minimum absolute atomic E-state index is 0.0844. The highest BCUT2D eigenvalue weighted by Crippen LogP contribution is 2.49. The lowest BCUT2D eigenvalue weighted by Gasteiger charge is -2.46. The van der Waals surface area contributed by atoms with E-state index in [9.17, 15) is 4.79 Å². The van der Waals surface area contributed by atoms with Gasteiger partial charge in [-0.05, 0) is 68.5 Å². The van der Waals surface area contributed by atoms with Gasteiger partial charge in [-0.15, -0.1) is 0 Å². The molecule has 1 heterocycles. The fraction of sp³-hybridized carbons (Fsp3) is 0.480. The molecule has 2 aliphatic carbocycles. The number of nitrogens with one attached hydrogen (secondary N) is 1. The van der Waals surface area contributed by atoms with Gasteiger partial charge < -0.3 is 15.5 Å². The first-order chi connectivity index (χ1) is 14.5. The van der Waals surface area contributed by atoms with Crippen LogP contribution in [0, 0.1) is 5.41 Å². The zero-order valence-corrected chi connectivity index (χ0v) is 18.4. The molecule has 0 bridgehead atoms. The molecule has 1 fully saturated rings. The maximum absolute atomic E-state index is 12.0. The monoisotopic (exact) mass is 426 g/mol. The van der Waals surface area contributed by atoms with Crippen LogP contribution in [0.5, 0.6) is 5.75 Å². The van der Waals surface area contributed by atoms with Crippen LogP contribution in [0.15, 0.2) is 53.0 Å². The molecule has 2 aromatic rings. The smallest absolute Gasteiger partial charge is 0.255 e. The van der Waals surface area contributed by atoms with Gasteiger partial charge in [0.25, 0.3) is 5.56 Å². The van der Waals surface area contributed by atoms with Crippen molar-refractivity contribution in [3.63, 3.8) is 0 Å². The van der Waals surface area contributed by atoms with Gasteiger partial charge in [-0.2, -0.15) is 0 Å². The number of rotatable bonds is 6. The lowest BCUT2D eigenvalue weighted by Crippen LogP contribution is -2.47. The average Bonchev–Trinajstić information content (AvgIpc) is 2.76. The lowest BCUT2D eigenvalue weighted by atomic mass is 9.61. The first-order valence-corrected chi connectivity index (χ1v) is 11.5. The summed E-state index contributed by atoms with van der Waals surface area (Å²) in [5.41, 5.74) is 8.23. The number of halogens is 1. The molecule has 0 aliphatic heterocycles. The number of hydrogen-bond acceptors (Lipinski definition) is 3. The number of pyridine rings is 1. The molecule has 3 N–H and O–H groups in total. The Hall–Kier alpha value is -2.04. The van der Waals surface area contributed by atoms with Gasteiger partial charge in [-0.3, -0.25) is 4.79 Å². The Bertz CT molecular complexity index is 1020. The summed E-state index contributed by atoms with van der Waals surface area (Å²) in [7, 11) is 0. The van der Waals surface area contributed by atoms with Crippen molar-refractivity contribution in [1.29, 1.82) is 0 Å². The Morgan fingerprint density at radius 1 is 1.33 bits per heavy atom. The zero-order chi connectivity index (χ0) is 21.1. The van der Waals surface area contributed by atoms with E-state index in [0.717, 1.165) is 56.8 Å². The summed E-state index contributed by atoms with van der Waals surface area (Å²) in [6, 6.07) is 5.65. The van der Waals surface area contributed by atoms with Gasteiger partial charge in [-0.1, -0.05) is 48.7 Å². The third kappa shape index (κ3) is 4.08. The van der Waals surface area contributed by atoms with Crippen LogP contribution in [-0.4, -0.2) is 17.1 Å². The van der Waals surface area contributed by atoms with Crippen LogP contribution in [0.3, 0.4) is 0 Å². The predicted molar refractivity (Wildman–Crippen MR) is 124 cm³/mol. The third-order valence-electron chi connectivity index (χ3n) is 6.91. The number of ether oxygens (including phenoxy) is 1.